The Balaban J connectivity index is 2.34. The van der Waals surface area contributed by atoms with Crippen LogP contribution in [0.3, 0.4) is 0 Å². The third kappa shape index (κ3) is 5.47. The van der Waals surface area contributed by atoms with E-state index >= 15 is 0 Å². The summed E-state index contributed by atoms with van der Waals surface area (Å²) >= 11 is 0. The predicted molar refractivity (Wildman–Crippen MR) is 68.4 cm³/mol. The Bertz CT molecular complexity index is 505. The summed E-state index contributed by atoms with van der Waals surface area (Å²) in [5, 5.41) is 4.72. The highest BCUT2D eigenvalue weighted by Crippen LogP contribution is 2.02. The van der Waals surface area contributed by atoms with Crippen molar-refractivity contribution in [2.45, 2.75) is 6.92 Å². The number of amides is 2. The Morgan fingerprint density at radius 2 is 2.00 bits per heavy atom. The number of benzene rings is 1. The molecule has 0 aromatic heterocycles. The molecule has 0 aliphatic rings. The van der Waals surface area contributed by atoms with Crippen molar-refractivity contribution in [2.24, 2.45) is 0 Å². The summed E-state index contributed by atoms with van der Waals surface area (Å²) in [7, 11) is 0. The van der Waals surface area contributed by atoms with Gasteiger partial charge in [-0.15, -0.1) is 0 Å². The lowest BCUT2D eigenvalue weighted by Crippen LogP contribution is -2.33. The summed E-state index contributed by atoms with van der Waals surface area (Å²) in [4.78, 5) is 33.9. The number of hydrogen-bond acceptors (Lipinski definition) is 4. The molecule has 6 nitrogen and oxygen atoms in total. The zero-order valence-electron chi connectivity index (χ0n) is 10.9. The lowest BCUT2D eigenvalue weighted by molar-refractivity contribution is -0.147. The van der Waals surface area contributed by atoms with Crippen molar-refractivity contribution >= 4 is 17.8 Å². The van der Waals surface area contributed by atoms with Crippen LogP contribution in [0.15, 0.2) is 24.3 Å². The van der Waals surface area contributed by atoms with Crippen LogP contribution in [-0.2, 0) is 14.3 Å². The smallest absolute Gasteiger partial charge is 0.325 e. The van der Waals surface area contributed by atoms with Gasteiger partial charge in [0.15, 0.2) is 6.61 Å². The maximum absolute atomic E-state index is 12.9. The number of carbonyl (C=O) groups excluding carboxylic acids is 3. The van der Waals surface area contributed by atoms with E-state index in [0.29, 0.717) is 6.54 Å². The van der Waals surface area contributed by atoms with E-state index in [0.717, 1.165) is 6.07 Å². The Morgan fingerprint density at radius 3 is 2.65 bits per heavy atom. The van der Waals surface area contributed by atoms with Crippen molar-refractivity contribution in [2.75, 3.05) is 19.7 Å². The van der Waals surface area contributed by atoms with E-state index in [9.17, 15) is 18.8 Å². The highest BCUT2D eigenvalue weighted by atomic mass is 19.1. The van der Waals surface area contributed by atoms with E-state index in [1.807, 2.05) is 0 Å². The zero-order chi connectivity index (χ0) is 15.0. The van der Waals surface area contributed by atoms with Crippen molar-refractivity contribution in [1.29, 1.82) is 0 Å². The van der Waals surface area contributed by atoms with Crippen LogP contribution in [0, 0.1) is 5.82 Å². The van der Waals surface area contributed by atoms with E-state index in [1.54, 1.807) is 6.92 Å². The highest BCUT2D eigenvalue weighted by Gasteiger charge is 2.10. The van der Waals surface area contributed by atoms with Gasteiger partial charge in [-0.1, -0.05) is 6.07 Å². The molecule has 2 amide bonds. The summed E-state index contributed by atoms with van der Waals surface area (Å²) in [5.41, 5.74) is 0.0986. The Kier molecular flexibility index (Phi) is 6.15. The molecule has 0 fully saturated rings. The number of nitrogens with one attached hydrogen (secondary N) is 2. The van der Waals surface area contributed by atoms with Crippen LogP contribution in [0.2, 0.25) is 0 Å². The number of ether oxygens (including phenoxy) is 1. The minimum Gasteiger partial charge on any atom is -0.454 e. The molecule has 108 valence electrons. The monoisotopic (exact) mass is 282 g/mol. The summed E-state index contributed by atoms with van der Waals surface area (Å²) in [6, 6.07) is 5.06. The lowest BCUT2D eigenvalue weighted by Gasteiger charge is -2.06. The summed E-state index contributed by atoms with van der Waals surface area (Å²) in [5.74, 6) is -2.31. The predicted octanol–water partition coefficient (Wildman–Crippen LogP) is 0.235. The van der Waals surface area contributed by atoms with Crippen LogP contribution in [-0.4, -0.2) is 37.5 Å². The second-order valence-corrected chi connectivity index (χ2v) is 3.81. The SMILES string of the molecule is CCNC(=O)COC(=O)CNC(=O)c1cccc(F)c1. The molecular weight excluding hydrogens is 267 g/mol. The molecule has 0 saturated carbocycles. The van der Waals surface area contributed by atoms with E-state index in [-0.39, 0.29) is 5.56 Å². The van der Waals surface area contributed by atoms with Gasteiger partial charge in [-0.25, -0.2) is 4.39 Å². The maximum atomic E-state index is 12.9. The van der Waals surface area contributed by atoms with Gasteiger partial charge < -0.3 is 15.4 Å². The van der Waals surface area contributed by atoms with Gasteiger partial charge >= 0.3 is 5.97 Å². The molecule has 1 rings (SSSR count). The molecule has 2 N–H and O–H groups in total. The Labute approximate surface area is 115 Å². The number of rotatable bonds is 6. The second kappa shape index (κ2) is 7.88. The van der Waals surface area contributed by atoms with Crippen LogP contribution in [0.25, 0.3) is 0 Å². The fourth-order valence-corrected chi connectivity index (χ4v) is 1.33. The van der Waals surface area contributed by atoms with Crippen molar-refractivity contribution in [3.8, 4) is 0 Å². The van der Waals surface area contributed by atoms with Crippen LogP contribution in [0.1, 0.15) is 17.3 Å². The molecule has 1 aromatic carbocycles. The number of halogens is 1. The van der Waals surface area contributed by atoms with Gasteiger partial charge in [0.25, 0.3) is 11.8 Å². The fraction of sp³-hybridized carbons (Fsp3) is 0.308. The molecule has 0 unspecified atom stereocenters. The zero-order valence-corrected chi connectivity index (χ0v) is 10.9. The first-order valence-electron chi connectivity index (χ1n) is 5.99. The van der Waals surface area contributed by atoms with E-state index in [1.165, 1.54) is 18.2 Å². The molecule has 0 aliphatic heterocycles. The topological polar surface area (TPSA) is 84.5 Å². The van der Waals surface area contributed by atoms with Crippen LogP contribution in [0.4, 0.5) is 4.39 Å². The standard InChI is InChI=1S/C13H15FN2O4/c1-2-15-11(17)8-20-12(18)7-16-13(19)9-4-3-5-10(14)6-9/h3-6H,2,7-8H2,1H3,(H,15,17)(H,16,19). The van der Waals surface area contributed by atoms with Crippen LogP contribution >= 0.6 is 0 Å². The van der Waals surface area contributed by atoms with Crippen LogP contribution in [0.5, 0.6) is 0 Å². The molecule has 0 bridgehead atoms. The average Bonchev–Trinajstić information content (AvgIpc) is 2.43. The van der Waals surface area contributed by atoms with Gasteiger partial charge in [-0.2, -0.15) is 0 Å². The van der Waals surface area contributed by atoms with Gasteiger partial charge in [0.2, 0.25) is 0 Å². The summed E-state index contributed by atoms with van der Waals surface area (Å²) in [6.45, 7) is 1.38. The first kappa shape index (κ1) is 15.6. The third-order valence-corrected chi connectivity index (χ3v) is 2.22. The van der Waals surface area contributed by atoms with Gasteiger partial charge in [0, 0.05) is 12.1 Å². The summed E-state index contributed by atoms with van der Waals surface area (Å²) < 4.78 is 17.5. The molecule has 0 aliphatic carbocycles. The number of likely N-dealkylation sites (N-methyl/N-ethyl adjacent to an activating group) is 1. The maximum Gasteiger partial charge on any atom is 0.325 e. The average molecular weight is 282 g/mol. The van der Waals surface area contributed by atoms with Crippen LogP contribution < -0.4 is 10.6 Å². The molecule has 1 aromatic rings. The first-order chi connectivity index (χ1) is 9.52. The first-order valence-corrected chi connectivity index (χ1v) is 5.99. The normalized spacial score (nSPS) is 9.70. The second-order valence-electron chi connectivity index (χ2n) is 3.81. The minimum absolute atomic E-state index is 0.0986. The fourth-order valence-electron chi connectivity index (χ4n) is 1.33. The minimum atomic E-state index is -0.749. The van der Waals surface area contributed by atoms with Gasteiger partial charge in [0.05, 0.1) is 0 Å². The van der Waals surface area contributed by atoms with Crippen molar-refractivity contribution < 1.29 is 23.5 Å². The van der Waals surface area contributed by atoms with E-state index in [4.69, 9.17) is 0 Å². The third-order valence-electron chi connectivity index (χ3n) is 2.22. The van der Waals surface area contributed by atoms with Crippen molar-refractivity contribution in [3.63, 3.8) is 0 Å². The summed E-state index contributed by atoms with van der Waals surface area (Å²) in [6.07, 6.45) is 0. The molecule has 20 heavy (non-hydrogen) atoms. The molecule has 0 radical (unpaired) electrons. The van der Waals surface area contributed by atoms with Crippen molar-refractivity contribution in [1.82, 2.24) is 10.6 Å². The van der Waals surface area contributed by atoms with Crippen molar-refractivity contribution in [3.05, 3.63) is 35.6 Å². The Morgan fingerprint density at radius 1 is 1.25 bits per heavy atom. The molecule has 0 atom stereocenters. The number of esters is 1. The van der Waals surface area contributed by atoms with Gasteiger partial charge in [0.1, 0.15) is 12.4 Å². The number of hydrogen-bond donors (Lipinski definition) is 2. The van der Waals surface area contributed by atoms with Gasteiger partial charge in [-0.05, 0) is 25.1 Å². The lowest BCUT2D eigenvalue weighted by atomic mass is 10.2. The molecular formula is C13H15FN2O4. The molecule has 0 spiro atoms. The number of carbonyl (C=O) groups is 3. The van der Waals surface area contributed by atoms with E-state index < -0.39 is 36.8 Å². The molecule has 0 heterocycles. The highest BCUT2D eigenvalue weighted by molar-refractivity contribution is 5.96. The quantitative estimate of drug-likeness (QED) is 0.732. The molecule has 0 saturated heterocycles. The molecule has 7 heteroatoms. The van der Waals surface area contributed by atoms with E-state index in [2.05, 4.69) is 15.4 Å². The largest absolute Gasteiger partial charge is 0.454 e. The van der Waals surface area contributed by atoms with Gasteiger partial charge in [-0.3, -0.25) is 14.4 Å². The Hall–Kier alpha value is -2.44.